The van der Waals surface area contributed by atoms with E-state index in [2.05, 4.69) is 4.98 Å². The van der Waals surface area contributed by atoms with Crippen LogP contribution in [0.5, 0.6) is 5.75 Å². The molecule has 32 heavy (non-hydrogen) atoms. The molecule has 6 nitrogen and oxygen atoms in total. The summed E-state index contributed by atoms with van der Waals surface area (Å²) in [6.45, 7) is -0.171. The van der Waals surface area contributed by atoms with Gasteiger partial charge in [0.15, 0.2) is 5.69 Å². The van der Waals surface area contributed by atoms with Gasteiger partial charge in [0, 0.05) is 36.0 Å². The molecule has 166 valence electrons. The number of rotatable bonds is 7. The van der Waals surface area contributed by atoms with Crippen LogP contribution in [0.1, 0.15) is 32.0 Å². The van der Waals surface area contributed by atoms with Gasteiger partial charge < -0.3 is 14.7 Å². The molecule has 0 aliphatic heterocycles. The Labute approximate surface area is 192 Å². The number of amides is 1. The van der Waals surface area contributed by atoms with Crippen LogP contribution in [0.4, 0.5) is 8.78 Å². The minimum atomic E-state index is -1.25. The lowest BCUT2D eigenvalue weighted by atomic mass is 10.1. The number of pyridine rings is 1. The van der Waals surface area contributed by atoms with Crippen molar-refractivity contribution < 1.29 is 28.2 Å². The summed E-state index contributed by atoms with van der Waals surface area (Å²) in [6.07, 6.45) is 1.26. The normalized spacial score (nSPS) is 10.7. The highest BCUT2D eigenvalue weighted by atomic mass is 35.5. The molecule has 2 aromatic carbocycles. The van der Waals surface area contributed by atoms with Gasteiger partial charge in [0.05, 0.1) is 23.7 Å². The largest absolute Gasteiger partial charge is 0.496 e. The molecule has 0 atom stereocenters. The lowest BCUT2D eigenvalue weighted by Gasteiger charge is -2.25. The minimum absolute atomic E-state index is 0.0554. The topological polar surface area (TPSA) is 79.7 Å². The highest BCUT2D eigenvalue weighted by molar-refractivity contribution is 6.42. The van der Waals surface area contributed by atoms with E-state index in [1.807, 2.05) is 0 Å². The molecule has 0 spiro atoms. The summed E-state index contributed by atoms with van der Waals surface area (Å²) in [7, 11) is 1.34. The van der Waals surface area contributed by atoms with E-state index in [1.54, 1.807) is 18.2 Å². The van der Waals surface area contributed by atoms with E-state index in [0.717, 1.165) is 12.1 Å². The molecule has 10 heteroatoms. The van der Waals surface area contributed by atoms with Crippen molar-refractivity contribution in [2.75, 3.05) is 7.11 Å². The molecule has 0 aliphatic rings. The Balaban J connectivity index is 2.03. The first kappa shape index (κ1) is 23.4. The zero-order valence-corrected chi connectivity index (χ0v) is 18.1. The van der Waals surface area contributed by atoms with Gasteiger partial charge in [0.25, 0.3) is 5.91 Å². The van der Waals surface area contributed by atoms with E-state index in [-0.39, 0.29) is 40.1 Å². The molecule has 1 amide bonds. The first-order chi connectivity index (χ1) is 15.2. The molecule has 1 aromatic heterocycles. The fraction of sp³-hybridized carbons (Fsp3) is 0.136. The molecule has 3 rings (SSSR count). The Morgan fingerprint density at radius 1 is 1.06 bits per heavy atom. The van der Waals surface area contributed by atoms with Crippen molar-refractivity contribution in [2.45, 2.75) is 13.1 Å². The number of benzene rings is 2. The molecule has 1 heterocycles. The summed E-state index contributed by atoms with van der Waals surface area (Å²) < 4.78 is 32.7. The zero-order valence-electron chi connectivity index (χ0n) is 16.6. The predicted molar refractivity (Wildman–Crippen MR) is 114 cm³/mol. The first-order valence-electron chi connectivity index (χ1n) is 9.14. The fourth-order valence-electron chi connectivity index (χ4n) is 3.03. The molecule has 0 bridgehead atoms. The molecule has 0 unspecified atom stereocenters. The summed E-state index contributed by atoms with van der Waals surface area (Å²) in [6, 6.07) is 8.60. The lowest BCUT2D eigenvalue weighted by molar-refractivity contribution is 0.0686. The van der Waals surface area contributed by atoms with Gasteiger partial charge in [0.1, 0.15) is 17.4 Å². The minimum Gasteiger partial charge on any atom is -0.496 e. The average Bonchev–Trinajstić information content (AvgIpc) is 2.75. The van der Waals surface area contributed by atoms with E-state index < -0.39 is 23.5 Å². The predicted octanol–water partition coefficient (Wildman–Crippen LogP) is 5.22. The van der Waals surface area contributed by atoms with Crippen molar-refractivity contribution >= 4 is 35.1 Å². The van der Waals surface area contributed by atoms with Crippen molar-refractivity contribution in [3.05, 3.63) is 92.7 Å². The van der Waals surface area contributed by atoms with Crippen LogP contribution in [0.15, 0.2) is 48.7 Å². The first-order valence-corrected chi connectivity index (χ1v) is 9.89. The van der Waals surface area contributed by atoms with Crippen LogP contribution >= 0.6 is 23.2 Å². The summed E-state index contributed by atoms with van der Waals surface area (Å²) in [4.78, 5) is 29.5. The van der Waals surface area contributed by atoms with Crippen LogP contribution in [-0.2, 0) is 13.1 Å². The summed E-state index contributed by atoms with van der Waals surface area (Å²) in [5.74, 6) is -3.57. The van der Waals surface area contributed by atoms with Crippen LogP contribution in [-0.4, -0.2) is 34.0 Å². The van der Waals surface area contributed by atoms with Gasteiger partial charge in [-0.2, -0.15) is 0 Å². The van der Waals surface area contributed by atoms with E-state index in [4.69, 9.17) is 33.0 Å². The van der Waals surface area contributed by atoms with Crippen LogP contribution in [0, 0.1) is 11.6 Å². The number of carboxylic acids is 1. The average molecular weight is 481 g/mol. The number of halogens is 4. The van der Waals surface area contributed by atoms with Gasteiger partial charge >= 0.3 is 5.97 Å². The van der Waals surface area contributed by atoms with Crippen LogP contribution in [0.25, 0.3) is 0 Å². The second-order valence-electron chi connectivity index (χ2n) is 6.72. The van der Waals surface area contributed by atoms with E-state index in [0.29, 0.717) is 17.2 Å². The van der Waals surface area contributed by atoms with Crippen molar-refractivity contribution in [1.29, 1.82) is 0 Å². The number of hydrogen-bond acceptors (Lipinski definition) is 4. The third kappa shape index (κ3) is 5.33. The van der Waals surface area contributed by atoms with Gasteiger partial charge in [-0.1, -0.05) is 35.3 Å². The summed E-state index contributed by atoms with van der Waals surface area (Å²) >= 11 is 12.3. The molecule has 0 radical (unpaired) electrons. The van der Waals surface area contributed by atoms with Gasteiger partial charge in [-0.15, -0.1) is 0 Å². The van der Waals surface area contributed by atoms with Gasteiger partial charge in [0.2, 0.25) is 0 Å². The number of carbonyl (C=O) groups is 2. The molecular formula is C22H16Cl2F2N2O4. The number of methoxy groups -OCH3 is 1. The van der Waals surface area contributed by atoms with Crippen LogP contribution < -0.4 is 4.74 Å². The fourth-order valence-corrected chi connectivity index (χ4v) is 3.41. The Kier molecular flexibility index (Phi) is 7.27. The molecule has 0 saturated carbocycles. The van der Waals surface area contributed by atoms with E-state index in [1.165, 1.54) is 24.3 Å². The number of carbonyl (C=O) groups excluding carboxylic acids is 1. The number of aromatic nitrogens is 1. The van der Waals surface area contributed by atoms with Gasteiger partial charge in [-0.3, -0.25) is 4.79 Å². The number of carboxylic acid groups (broad SMARTS) is 1. The number of hydrogen-bond donors (Lipinski definition) is 1. The third-order valence-electron chi connectivity index (χ3n) is 4.53. The number of nitrogens with zero attached hydrogens (tertiary/aromatic N) is 2. The lowest BCUT2D eigenvalue weighted by Crippen LogP contribution is -2.30. The molecule has 1 N–H and O–H groups in total. The monoisotopic (exact) mass is 480 g/mol. The third-order valence-corrected chi connectivity index (χ3v) is 5.39. The summed E-state index contributed by atoms with van der Waals surface area (Å²) in [5, 5.41) is 9.64. The maximum Gasteiger partial charge on any atom is 0.354 e. The Morgan fingerprint density at radius 2 is 1.72 bits per heavy atom. The standard InChI is InChI=1S/C22H16Cl2F2N2O4/c1-32-19-8-18(22(30)31)27-9-14(19)11-28(10-12-3-2-4-17(23)20(12)24)21(29)13-5-15(25)7-16(26)6-13/h2-9H,10-11H2,1H3,(H,30,31). The van der Waals surface area contributed by atoms with Gasteiger partial charge in [-0.25, -0.2) is 18.6 Å². The van der Waals surface area contributed by atoms with Gasteiger partial charge in [-0.05, 0) is 23.8 Å². The summed E-state index contributed by atoms with van der Waals surface area (Å²) in [5.41, 5.74) is 0.419. The molecule has 0 fully saturated rings. The van der Waals surface area contributed by atoms with Crippen molar-refractivity contribution in [1.82, 2.24) is 9.88 Å². The van der Waals surface area contributed by atoms with E-state index >= 15 is 0 Å². The molecular weight excluding hydrogens is 465 g/mol. The quantitative estimate of drug-likeness (QED) is 0.501. The Morgan fingerprint density at radius 3 is 2.34 bits per heavy atom. The second kappa shape index (κ2) is 9.93. The molecule has 0 aliphatic carbocycles. The van der Waals surface area contributed by atoms with Crippen LogP contribution in [0.3, 0.4) is 0 Å². The number of ether oxygens (including phenoxy) is 1. The van der Waals surface area contributed by atoms with Crippen molar-refractivity contribution in [2.24, 2.45) is 0 Å². The molecule has 0 saturated heterocycles. The Bertz CT molecular complexity index is 1170. The highest BCUT2D eigenvalue weighted by Crippen LogP contribution is 2.29. The maximum absolute atomic E-state index is 13.7. The molecule has 3 aromatic rings. The smallest absolute Gasteiger partial charge is 0.354 e. The SMILES string of the molecule is COc1cc(C(=O)O)ncc1CN(Cc1cccc(Cl)c1Cl)C(=O)c1cc(F)cc(F)c1. The van der Waals surface area contributed by atoms with Crippen molar-refractivity contribution in [3.63, 3.8) is 0 Å². The Hall–Kier alpha value is -3.23. The highest BCUT2D eigenvalue weighted by Gasteiger charge is 2.22. The maximum atomic E-state index is 13.7. The second-order valence-corrected chi connectivity index (χ2v) is 7.50. The van der Waals surface area contributed by atoms with Crippen molar-refractivity contribution in [3.8, 4) is 5.75 Å². The zero-order chi connectivity index (χ0) is 23.4. The van der Waals surface area contributed by atoms with E-state index in [9.17, 15) is 18.4 Å². The number of aromatic carboxylic acids is 1. The van der Waals surface area contributed by atoms with Crippen LogP contribution in [0.2, 0.25) is 10.0 Å².